The predicted octanol–water partition coefficient (Wildman–Crippen LogP) is 4.13. The largest absolute Gasteiger partial charge is 0.313 e. The van der Waals surface area contributed by atoms with Crippen molar-refractivity contribution in [3.05, 3.63) is 0 Å². The number of hydrogen-bond donors (Lipinski definition) is 1. The zero-order valence-corrected chi connectivity index (χ0v) is 10.9. The van der Waals surface area contributed by atoms with E-state index in [0.29, 0.717) is 5.41 Å². The predicted molar refractivity (Wildman–Crippen MR) is 68.2 cm³/mol. The molecule has 1 aliphatic carbocycles. The van der Waals surface area contributed by atoms with Gasteiger partial charge in [-0.15, -0.1) is 0 Å². The summed E-state index contributed by atoms with van der Waals surface area (Å²) < 4.78 is 0. The highest BCUT2D eigenvalue weighted by molar-refractivity contribution is 4.93. The third-order valence-corrected chi connectivity index (χ3v) is 4.26. The Labute approximate surface area is 96.0 Å². The molecule has 0 amide bonds. The van der Waals surface area contributed by atoms with Gasteiger partial charge < -0.3 is 5.32 Å². The second-order valence-corrected chi connectivity index (χ2v) is 5.22. The average molecular weight is 211 g/mol. The van der Waals surface area contributed by atoms with Gasteiger partial charge in [0.15, 0.2) is 0 Å². The van der Waals surface area contributed by atoms with E-state index in [9.17, 15) is 0 Å². The van der Waals surface area contributed by atoms with Crippen molar-refractivity contribution in [2.24, 2.45) is 5.41 Å². The number of nitrogens with one attached hydrogen (secondary N) is 1. The summed E-state index contributed by atoms with van der Waals surface area (Å²) in [6.45, 7) is 8.18. The van der Waals surface area contributed by atoms with Gasteiger partial charge in [0.2, 0.25) is 0 Å². The van der Waals surface area contributed by atoms with Crippen molar-refractivity contribution in [3.8, 4) is 0 Å². The Balaban J connectivity index is 2.57. The van der Waals surface area contributed by atoms with Gasteiger partial charge in [-0.3, -0.25) is 0 Å². The summed E-state index contributed by atoms with van der Waals surface area (Å²) in [4.78, 5) is 0. The van der Waals surface area contributed by atoms with Crippen LogP contribution in [0.15, 0.2) is 0 Å². The van der Waals surface area contributed by atoms with Crippen LogP contribution < -0.4 is 5.32 Å². The first-order valence-electron chi connectivity index (χ1n) is 7.02. The van der Waals surface area contributed by atoms with E-state index in [1.807, 2.05) is 0 Å². The van der Waals surface area contributed by atoms with Gasteiger partial charge in [0, 0.05) is 6.04 Å². The Bertz CT molecular complexity index is 159. The molecule has 0 radical (unpaired) electrons. The minimum absolute atomic E-state index is 0.644. The Morgan fingerprint density at radius 2 is 1.73 bits per heavy atom. The molecule has 1 aliphatic rings. The summed E-state index contributed by atoms with van der Waals surface area (Å²) in [5.74, 6) is 0. The van der Waals surface area contributed by atoms with Gasteiger partial charge in [-0.25, -0.2) is 0 Å². The zero-order valence-electron chi connectivity index (χ0n) is 10.9. The molecule has 90 valence electrons. The molecule has 1 N–H and O–H groups in total. The fourth-order valence-electron chi connectivity index (χ4n) is 3.26. The molecule has 1 nitrogen and oxygen atoms in total. The average Bonchev–Trinajstić information content (AvgIpc) is 2.74. The van der Waals surface area contributed by atoms with Crippen LogP contribution in [0.2, 0.25) is 0 Å². The lowest BCUT2D eigenvalue weighted by Crippen LogP contribution is -2.43. The molecule has 0 spiro atoms. The van der Waals surface area contributed by atoms with E-state index in [1.54, 1.807) is 0 Å². The molecule has 0 aliphatic heterocycles. The number of hydrogen-bond acceptors (Lipinski definition) is 1. The molecule has 0 aromatic heterocycles. The number of rotatable bonds is 7. The van der Waals surface area contributed by atoms with Gasteiger partial charge in [-0.1, -0.05) is 40.0 Å². The highest BCUT2D eigenvalue weighted by atomic mass is 14.9. The van der Waals surface area contributed by atoms with E-state index in [4.69, 9.17) is 0 Å². The van der Waals surface area contributed by atoms with Crippen LogP contribution in [0.5, 0.6) is 0 Å². The second-order valence-electron chi connectivity index (χ2n) is 5.22. The first kappa shape index (κ1) is 13.0. The summed E-state index contributed by atoms with van der Waals surface area (Å²) in [6, 6.07) is 0.787. The van der Waals surface area contributed by atoms with Gasteiger partial charge in [-0.2, -0.15) is 0 Å². The van der Waals surface area contributed by atoms with Crippen molar-refractivity contribution >= 4 is 0 Å². The molecule has 0 aromatic rings. The quantitative estimate of drug-likeness (QED) is 0.668. The van der Waals surface area contributed by atoms with Crippen LogP contribution >= 0.6 is 0 Å². The lowest BCUT2D eigenvalue weighted by atomic mass is 9.74. The van der Waals surface area contributed by atoms with Crippen LogP contribution in [-0.4, -0.2) is 12.6 Å². The highest BCUT2D eigenvalue weighted by Crippen LogP contribution is 2.45. The van der Waals surface area contributed by atoms with E-state index in [2.05, 4.69) is 26.1 Å². The topological polar surface area (TPSA) is 12.0 Å². The molecule has 0 heterocycles. The van der Waals surface area contributed by atoms with E-state index in [-0.39, 0.29) is 0 Å². The first-order chi connectivity index (χ1) is 7.29. The maximum atomic E-state index is 3.80. The summed E-state index contributed by atoms with van der Waals surface area (Å²) >= 11 is 0. The molecule has 1 atom stereocenters. The van der Waals surface area contributed by atoms with E-state index in [0.717, 1.165) is 6.04 Å². The SMILES string of the molecule is CCCNC(CCC)C1(CC)CCCC1. The maximum Gasteiger partial charge on any atom is 0.0123 e. The van der Waals surface area contributed by atoms with Crippen LogP contribution in [0, 0.1) is 5.41 Å². The van der Waals surface area contributed by atoms with E-state index < -0.39 is 0 Å². The smallest absolute Gasteiger partial charge is 0.0123 e. The molecule has 1 rings (SSSR count). The Morgan fingerprint density at radius 3 is 2.20 bits per heavy atom. The van der Waals surface area contributed by atoms with Crippen molar-refractivity contribution in [3.63, 3.8) is 0 Å². The Hall–Kier alpha value is -0.0400. The normalized spacial score (nSPS) is 21.8. The van der Waals surface area contributed by atoms with Gasteiger partial charge in [0.05, 0.1) is 0 Å². The molecule has 1 fully saturated rings. The third kappa shape index (κ3) is 3.21. The lowest BCUT2D eigenvalue weighted by Gasteiger charge is -2.38. The Morgan fingerprint density at radius 1 is 1.07 bits per heavy atom. The molecule has 0 bridgehead atoms. The third-order valence-electron chi connectivity index (χ3n) is 4.26. The molecular formula is C14H29N. The lowest BCUT2D eigenvalue weighted by molar-refractivity contribution is 0.176. The molecule has 1 saturated carbocycles. The van der Waals surface area contributed by atoms with Gasteiger partial charge >= 0.3 is 0 Å². The van der Waals surface area contributed by atoms with Crippen LogP contribution in [0.3, 0.4) is 0 Å². The maximum absolute atomic E-state index is 3.80. The molecule has 1 unspecified atom stereocenters. The van der Waals surface area contributed by atoms with Gasteiger partial charge in [-0.05, 0) is 44.1 Å². The molecule has 15 heavy (non-hydrogen) atoms. The minimum Gasteiger partial charge on any atom is -0.313 e. The van der Waals surface area contributed by atoms with Crippen LogP contribution in [0.1, 0.15) is 72.1 Å². The summed E-state index contributed by atoms with van der Waals surface area (Å²) in [5.41, 5.74) is 0.644. The second kappa shape index (κ2) is 6.52. The van der Waals surface area contributed by atoms with Crippen molar-refractivity contribution in [1.29, 1.82) is 0 Å². The van der Waals surface area contributed by atoms with Gasteiger partial charge in [0.25, 0.3) is 0 Å². The monoisotopic (exact) mass is 211 g/mol. The van der Waals surface area contributed by atoms with E-state index in [1.165, 1.54) is 57.9 Å². The fraction of sp³-hybridized carbons (Fsp3) is 1.00. The van der Waals surface area contributed by atoms with Crippen molar-refractivity contribution in [2.75, 3.05) is 6.54 Å². The Kier molecular flexibility index (Phi) is 5.66. The van der Waals surface area contributed by atoms with E-state index >= 15 is 0 Å². The minimum atomic E-state index is 0.644. The van der Waals surface area contributed by atoms with Crippen LogP contribution in [0.25, 0.3) is 0 Å². The molecule has 0 aromatic carbocycles. The molecule has 1 heteroatoms. The van der Waals surface area contributed by atoms with Crippen molar-refractivity contribution < 1.29 is 0 Å². The molecule has 0 saturated heterocycles. The molecular weight excluding hydrogens is 182 g/mol. The van der Waals surface area contributed by atoms with Crippen LogP contribution in [0.4, 0.5) is 0 Å². The van der Waals surface area contributed by atoms with Crippen LogP contribution in [-0.2, 0) is 0 Å². The zero-order chi connectivity index (χ0) is 11.1. The summed E-state index contributed by atoms with van der Waals surface area (Å²) in [7, 11) is 0. The fourth-order valence-corrected chi connectivity index (χ4v) is 3.26. The van der Waals surface area contributed by atoms with Crippen molar-refractivity contribution in [2.45, 2.75) is 78.2 Å². The summed E-state index contributed by atoms with van der Waals surface area (Å²) in [5, 5.41) is 3.80. The highest BCUT2D eigenvalue weighted by Gasteiger charge is 2.38. The first-order valence-corrected chi connectivity index (χ1v) is 7.02. The summed E-state index contributed by atoms with van der Waals surface area (Å²) in [6.07, 6.45) is 11.2. The standard InChI is InChI=1S/C14H29N/c1-4-9-13(15-12-5-2)14(6-3)10-7-8-11-14/h13,15H,4-12H2,1-3H3. The van der Waals surface area contributed by atoms with Crippen molar-refractivity contribution in [1.82, 2.24) is 5.32 Å². The van der Waals surface area contributed by atoms with Gasteiger partial charge in [0.1, 0.15) is 0 Å².